The van der Waals surface area contributed by atoms with Gasteiger partial charge in [0.05, 0.1) is 19.7 Å². The first kappa shape index (κ1) is 24.2. The summed E-state index contributed by atoms with van der Waals surface area (Å²) < 4.78 is 12.1. The zero-order chi connectivity index (χ0) is 25.7. The Bertz CT molecular complexity index is 1490. The molecule has 182 valence electrons. The van der Waals surface area contributed by atoms with Crippen LogP contribution in [0.1, 0.15) is 15.9 Å². The maximum absolute atomic E-state index is 13.1. The molecule has 36 heavy (non-hydrogen) atoms. The van der Waals surface area contributed by atoms with Gasteiger partial charge in [0.15, 0.2) is 17.2 Å². The predicted octanol–water partition coefficient (Wildman–Crippen LogP) is 4.98. The lowest BCUT2D eigenvalue weighted by atomic mass is 10.1. The van der Waals surface area contributed by atoms with Gasteiger partial charge in [-0.2, -0.15) is 0 Å². The third kappa shape index (κ3) is 4.95. The highest BCUT2D eigenvalue weighted by molar-refractivity contribution is 6.05. The topological polar surface area (TPSA) is 115 Å². The summed E-state index contributed by atoms with van der Waals surface area (Å²) in [7, 11) is 4.70. The highest BCUT2D eigenvalue weighted by atomic mass is 16.5. The number of para-hydroxylation sites is 1. The van der Waals surface area contributed by atoms with Gasteiger partial charge in [0.1, 0.15) is 5.70 Å². The Morgan fingerprint density at radius 3 is 2.36 bits per heavy atom. The molecule has 4 aromatic rings. The Labute approximate surface area is 207 Å². The molecular weight excluding hydrogens is 460 g/mol. The van der Waals surface area contributed by atoms with Crippen molar-refractivity contribution in [3.63, 3.8) is 0 Å². The highest BCUT2D eigenvalue weighted by Crippen LogP contribution is 2.37. The molecule has 3 aromatic carbocycles. The first-order chi connectivity index (χ1) is 17.4. The van der Waals surface area contributed by atoms with Crippen LogP contribution in [0.2, 0.25) is 0 Å². The molecule has 1 aromatic heterocycles. The van der Waals surface area contributed by atoms with Crippen LogP contribution in [0.5, 0.6) is 17.4 Å². The smallest absolute Gasteiger partial charge is 0.311 e. The quantitative estimate of drug-likeness (QED) is 0.284. The van der Waals surface area contributed by atoms with E-state index < -0.39 is 11.8 Å². The summed E-state index contributed by atoms with van der Waals surface area (Å²) in [6.07, 6.45) is 1.47. The van der Waals surface area contributed by atoms with E-state index in [2.05, 4.69) is 15.5 Å². The van der Waals surface area contributed by atoms with E-state index in [1.807, 2.05) is 12.1 Å². The van der Waals surface area contributed by atoms with E-state index in [0.717, 1.165) is 5.52 Å². The van der Waals surface area contributed by atoms with Crippen molar-refractivity contribution in [2.75, 3.05) is 14.2 Å². The molecule has 1 heterocycles. The Morgan fingerprint density at radius 2 is 1.64 bits per heavy atom. The largest absolute Gasteiger partial charge is 0.493 e. The van der Waals surface area contributed by atoms with Crippen molar-refractivity contribution in [3.8, 4) is 17.4 Å². The van der Waals surface area contributed by atoms with Crippen molar-refractivity contribution in [2.45, 2.75) is 0 Å². The number of carbonyl (C=O) groups is 2. The van der Waals surface area contributed by atoms with E-state index in [-0.39, 0.29) is 17.3 Å². The molecule has 0 spiro atoms. The minimum Gasteiger partial charge on any atom is -0.493 e. The van der Waals surface area contributed by atoms with E-state index in [1.54, 1.807) is 72.3 Å². The molecule has 9 heteroatoms. The Balaban J connectivity index is 1.71. The maximum atomic E-state index is 13.1. The highest BCUT2D eigenvalue weighted by Gasteiger charge is 2.18. The van der Waals surface area contributed by atoms with Gasteiger partial charge in [-0.05, 0) is 42.0 Å². The molecule has 0 aliphatic carbocycles. The molecule has 0 saturated carbocycles. The minimum atomic E-state index is -0.804. The lowest BCUT2D eigenvalue weighted by Gasteiger charge is -2.10. The van der Waals surface area contributed by atoms with Gasteiger partial charge >= 0.3 is 5.91 Å². The van der Waals surface area contributed by atoms with Crippen molar-refractivity contribution >= 4 is 34.5 Å². The molecule has 9 nitrogen and oxygen atoms in total. The van der Waals surface area contributed by atoms with Crippen LogP contribution in [-0.2, 0) is 11.8 Å². The lowest BCUT2D eigenvalue weighted by molar-refractivity contribution is -0.115. The molecular formula is C27H24N4O5. The van der Waals surface area contributed by atoms with Crippen LogP contribution in [0.15, 0.2) is 88.7 Å². The first-order valence-electron chi connectivity index (χ1n) is 11.0. The monoisotopic (exact) mass is 484 g/mol. The average Bonchev–Trinajstić information content (AvgIpc) is 3.16. The van der Waals surface area contributed by atoms with Gasteiger partial charge in [0.2, 0.25) is 5.88 Å². The second kappa shape index (κ2) is 10.6. The number of nitrogens with one attached hydrogen (secondary N) is 1. The third-order valence-electron chi connectivity index (χ3n) is 5.52. The van der Waals surface area contributed by atoms with Crippen LogP contribution in [0.4, 0.5) is 5.69 Å². The Morgan fingerprint density at radius 1 is 0.944 bits per heavy atom. The van der Waals surface area contributed by atoms with Crippen molar-refractivity contribution < 1.29 is 24.2 Å². The summed E-state index contributed by atoms with van der Waals surface area (Å²) in [4.78, 5) is 25.9. The fourth-order valence-corrected chi connectivity index (χ4v) is 3.65. The third-order valence-corrected chi connectivity index (χ3v) is 5.52. The number of hydrogen-bond acceptors (Lipinski definition) is 6. The number of fused-ring (bicyclic) bond motifs is 1. The number of benzene rings is 3. The summed E-state index contributed by atoms with van der Waals surface area (Å²) in [5.74, 6) is -0.455. The van der Waals surface area contributed by atoms with Gasteiger partial charge in [-0.15, -0.1) is 10.2 Å². The van der Waals surface area contributed by atoms with Gasteiger partial charge in [0.25, 0.3) is 5.91 Å². The van der Waals surface area contributed by atoms with E-state index in [9.17, 15) is 14.7 Å². The second-order valence-corrected chi connectivity index (χ2v) is 7.75. The number of aryl methyl sites for hydroxylation is 1. The lowest BCUT2D eigenvalue weighted by Crippen LogP contribution is -2.26. The van der Waals surface area contributed by atoms with E-state index in [1.165, 1.54) is 20.3 Å². The van der Waals surface area contributed by atoms with Crippen molar-refractivity contribution in [1.29, 1.82) is 0 Å². The molecule has 0 aliphatic heterocycles. The number of azo groups is 1. The van der Waals surface area contributed by atoms with Crippen LogP contribution in [0.3, 0.4) is 0 Å². The van der Waals surface area contributed by atoms with E-state index in [0.29, 0.717) is 28.0 Å². The number of ether oxygens (including phenoxy) is 2. The molecule has 4 rings (SSSR count). The Hall–Kier alpha value is -4.92. The van der Waals surface area contributed by atoms with Crippen molar-refractivity contribution in [3.05, 3.63) is 89.6 Å². The fourth-order valence-electron chi connectivity index (χ4n) is 3.65. The number of amides is 2. The number of methoxy groups -OCH3 is 2. The fraction of sp³-hybridized carbons (Fsp3) is 0.111. The molecule has 0 fully saturated rings. The predicted molar refractivity (Wildman–Crippen MR) is 136 cm³/mol. The van der Waals surface area contributed by atoms with Crippen LogP contribution < -0.4 is 14.8 Å². The minimum absolute atomic E-state index is 0.112. The summed E-state index contributed by atoms with van der Waals surface area (Å²) in [6, 6.07) is 20.7. The molecule has 2 N–H and O–H groups in total. The average molecular weight is 485 g/mol. The first-order valence-corrected chi connectivity index (χ1v) is 11.0. The standard InChI is InChI=1S/C27H24N4O5/c1-31-21-12-8-7-11-19(21)24(27(31)34)29-30-26(33)20(28-25(32)18-9-5-4-6-10-18)15-17-13-14-22(35-2)23(16-17)36-3/h4-16,34H,1-3H3,(H,28,32). The molecule has 2 amide bonds. The molecule has 0 atom stereocenters. The SMILES string of the molecule is COc1ccc(C=C(NC(=O)c2ccccc2)C(=O)N=Nc2c(O)n(C)c3ccccc23)cc1OC. The second-order valence-electron chi connectivity index (χ2n) is 7.75. The van der Waals surface area contributed by atoms with Gasteiger partial charge in [0, 0.05) is 18.0 Å². The number of nitrogens with zero attached hydrogens (tertiary/aromatic N) is 3. The normalized spacial score (nSPS) is 11.6. The zero-order valence-electron chi connectivity index (χ0n) is 19.9. The van der Waals surface area contributed by atoms with E-state index in [4.69, 9.17) is 9.47 Å². The van der Waals surface area contributed by atoms with Crippen LogP contribution in [-0.4, -0.2) is 35.7 Å². The van der Waals surface area contributed by atoms with Crippen LogP contribution in [0.25, 0.3) is 17.0 Å². The Kier molecular flexibility index (Phi) is 7.10. The number of hydrogen-bond donors (Lipinski definition) is 2. The molecule has 0 radical (unpaired) electrons. The summed E-state index contributed by atoms with van der Waals surface area (Å²) in [6.45, 7) is 0. The van der Waals surface area contributed by atoms with E-state index >= 15 is 0 Å². The van der Waals surface area contributed by atoms with Gasteiger partial charge in [-0.25, -0.2) is 0 Å². The zero-order valence-corrected chi connectivity index (χ0v) is 19.9. The van der Waals surface area contributed by atoms with Crippen LogP contribution in [0, 0.1) is 0 Å². The summed E-state index contributed by atoms with van der Waals surface area (Å²) in [5.41, 5.74) is 1.70. The maximum Gasteiger partial charge on any atom is 0.311 e. The number of carbonyl (C=O) groups excluding carboxylic acids is 2. The molecule has 0 saturated heterocycles. The van der Waals surface area contributed by atoms with Gasteiger partial charge < -0.3 is 24.5 Å². The van der Waals surface area contributed by atoms with Crippen molar-refractivity contribution in [2.24, 2.45) is 17.3 Å². The van der Waals surface area contributed by atoms with Gasteiger partial charge in [-0.3, -0.25) is 9.59 Å². The summed E-state index contributed by atoms with van der Waals surface area (Å²) in [5, 5.41) is 21.6. The van der Waals surface area contributed by atoms with Crippen molar-refractivity contribution in [1.82, 2.24) is 9.88 Å². The van der Waals surface area contributed by atoms with Crippen LogP contribution >= 0.6 is 0 Å². The van der Waals surface area contributed by atoms with Gasteiger partial charge in [-0.1, -0.05) is 42.5 Å². The number of aromatic nitrogens is 1. The number of rotatable bonds is 7. The molecule has 0 aliphatic rings. The number of aromatic hydroxyl groups is 1. The molecule has 0 unspecified atom stereocenters. The summed E-state index contributed by atoms with van der Waals surface area (Å²) >= 11 is 0. The molecule has 0 bridgehead atoms.